The molecule has 2 rings (SSSR count). The van der Waals surface area contributed by atoms with Crippen LogP contribution in [-0.4, -0.2) is 35.8 Å². The van der Waals surface area contributed by atoms with E-state index in [0.29, 0.717) is 0 Å². The average molecular weight is 380 g/mol. The Kier molecular flexibility index (Phi) is 5.39. The minimum absolute atomic E-state index is 0.0648. The van der Waals surface area contributed by atoms with Crippen LogP contribution in [0.1, 0.15) is 13.8 Å². The van der Waals surface area contributed by atoms with Gasteiger partial charge in [-0.3, -0.25) is 14.5 Å². The first-order chi connectivity index (χ1) is 10.8. The Morgan fingerprint density at radius 1 is 1.35 bits per heavy atom. The van der Waals surface area contributed by atoms with Crippen molar-refractivity contribution < 1.29 is 19.1 Å². The maximum absolute atomic E-state index is 12.5. The highest BCUT2D eigenvalue weighted by molar-refractivity contribution is 6.43. The summed E-state index contributed by atoms with van der Waals surface area (Å²) in [4.78, 5) is 37.9. The smallest absolute Gasteiger partial charge is 0.339 e. The van der Waals surface area contributed by atoms with Crippen LogP contribution in [0.2, 0.25) is 10.0 Å². The number of benzene rings is 1. The van der Waals surface area contributed by atoms with E-state index in [2.05, 4.69) is 5.32 Å². The number of halogens is 3. The molecule has 2 amide bonds. The number of hydrogen-bond donors (Lipinski definition) is 1. The first-order valence-corrected chi connectivity index (χ1v) is 7.90. The summed E-state index contributed by atoms with van der Waals surface area (Å²) in [7, 11) is 0. The highest BCUT2D eigenvalue weighted by Gasteiger charge is 2.44. The van der Waals surface area contributed by atoms with E-state index < -0.39 is 29.2 Å². The summed E-state index contributed by atoms with van der Waals surface area (Å²) in [5.41, 5.74) is 0.491. The van der Waals surface area contributed by atoms with E-state index in [-0.39, 0.29) is 28.0 Å². The first kappa shape index (κ1) is 17.8. The minimum Gasteiger partial charge on any atom is -0.464 e. The number of esters is 1. The van der Waals surface area contributed by atoms with Gasteiger partial charge in [0.25, 0.3) is 5.91 Å². The molecule has 0 fully saturated rings. The Morgan fingerprint density at radius 2 is 1.96 bits per heavy atom. The van der Waals surface area contributed by atoms with Gasteiger partial charge in [-0.05, 0) is 26.0 Å². The minimum atomic E-state index is -1.48. The summed E-state index contributed by atoms with van der Waals surface area (Å²) >= 11 is 17.8. The average Bonchev–Trinajstić information content (AvgIpc) is 2.47. The van der Waals surface area contributed by atoms with Crippen molar-refractivity contribution >= 4 is 64.0 Å². The lowest BCUT2D eigenvalue weighted by Crippen LogP contribution is -2.57. The van der Waals surface area contributed by atoms with Crippen molar-refractivity contribution in [2.24, 2.45) is 0 Å². The predicted molar refractivity (Wildman–Crippen MR) is 88.3 cm³/mol. The Morgan fingerprint density at radius 3 is 2.52 bits per heavy atom. The van der Waals surface area contributed by atoms with Crippen molar-refractivity contribution in [1.29, 1.82) is 0 Å². The lowest BCUT2D eigenvalue weighted by Gasteiger charge is -2.35. The molecule has 23 heavy (non-hydrogen) atoms. The van der Waals surface area contributed by atoms with Crippen molar-refractivity contribution in [2.75, 3.05) is 16.8 Å². The third-order valence-electron chi connectivity index (χ3n) is 3.15. The topological polar surface area (TPSA) is 75.7 Å². The van der Waals surface area contributed by atoms with E-state index >= 15 is 0 Å². The second-order valence-electron chi connectivity index (χ2n) is 4.75. The monoisotopic (exact) mass is 378 g/mol. The predicted octanol–water partition coefficient (Wildman–Crippen LogP) is 2.84. The van der Waals surface area contributed by atoms with Crippen molar-refractivity contribution in [3.05, 3.63) is 22.2 Å². The van der Waals surface area contributed by atoms with Gasteiger partial charge in [-0.2, -0.15) is 0 Å². The summed E-state index contributed by atoms with van der Waals surface area (Å²) in [5, 5.41) is 1.93. The Balaban J connectivity index is 2.60. The van der Waals surface area contributed by atoms with Crippen molar-refractivity contribution in [3.8, 4) is 0 Å². The molecule has 1 aromatic carbocycles. The molecule has 0 radical (unpaired) electrons. The zero-order valence-electron chi connectivity index (χ0n) is 12.2. The normalized spacial score (nSPS) is 18.0. The van der Waals surface area contributed by atoms with E-state index in [1.807, 2.05) is 0 Å². The molecule has 1 heterocycles. The molecule has 0 aromatic heterocycles. The molecule has 9 heteroatoms. The Labute approximate surface area is 147 Å². The molecule has 124 valence electrons. The second kappa shape index (κ2) is 6.95. The molecule has 0 spiro atoms. The van der Waals surface area contributed by atoms with Crippen LogP contribution >= 0.6 is 34.8 Å². The van der Waals surface area contributed by atoms with Crippen LogP contribution in [0.15, 0.2) is 12.1 Å². The maximum Gasteiger partial charge on any atom is 0.339 e. The molecule has 1 aliphatic rings. The SMILES string of the molecule is CCOC(=O)C1C(=O)Nc2cc(Cl)c(Cl)cc2N1C(=O)C(C)Cl. The maximum atomic E-state index is 12.5. The van der Waals surface area contributed by atoms with Crippen molar-refractivity contribution in [1.82, 2.24) is 0 Å². The second-order valence-corrected chi connectivity index (χ2v) is 6.22. The molecule has 1 aliphatic heterocycles. The highest BCUT2D eigenvalue weighted by Crippen LogP contribution is 2.39. The van der Waals surface area contributed by atoms with Gasteiger partial charge in [0.05, 0.1) is 28.0 Å². The van der Waals surface area contributed by atoms with Gasteiger partial charge in [0.15, 0.2) is 0 Å². The van der Waals surface area contributed by atoms with E-state index in [4.69, 9.17) is 39.5 Å². The Hall–Kier alpha value is -1.50. The van der Waals surface area contributed by atoms with Crippen LogP contribution in [0.3, 0.4) is 0 Å². The zero-order chi connectivity index (χ0) is 17.3. The number of anilines is 2. The number of alkyl halides is 1. The van der Waals surface area contributed by atoms with E-state index in [1.54, 1.807) is 6.92 Å². The summed E-state index contributed by atoms with van der Waals surface area (Å²) in [6, 6.07) is 1.31. The van der Waals surface area contributed by atoms with E-state index in [0.717, 1.165) is 4.90 Å². The number of fused-ring (bicyclic) bond motifs is 1. The van der Waals surface area contributed by atoms with Crippen molar-refractivity contribution in [3.63, 3.8) is 0 Å². The Bertz CT molecular complexity index is 678. The molecule has 1 N–H and O–H groups in total. The molecule has 0 bridgehead atoms. The number of amides is 2. The van der Waals surface area contributed by atoms with E-state index in [1.165, 1.54) is 19.1 Å². The van der Waals surface area contributed by atoms with Gasteiger partial charge in [0.1, 0.15) is 5.38 Å². The fourth-order valence-corrected chi connectivity index (χ4v) is 2.59. The molecule has 2 unspecified atom stereocenters. The molecule has 0 aliphatic carbocycles. The van der Waals surface area contributed by atoms with Gasteiger partial charge >= 0.3 is 5.97 Å². The number of carbonyl (C=O) groups is 3. The molecule has 6 nitrogen and oxygen atoms in total. The number of nitrogens with zero attached hydrogens (tertiary/aromatic N) is 1. The molecule has 2 atom stereocenters. The van der Waals surface area contributed by atoms with E-state index in [9.17, 15) is 14.4 Å². The largest absolute Gasteiger partial charge is 0.464 e. The fourth-order valence-electron chi connectivity index (χ4n) is 2.16. The van der Waals surface area contributed by atoms with Gasteiger partial charge in [-0.25, -0.2) is 4.79 Å². The van der Waals surface area contributed by atoms with Crippen molar-refractivity contribution in [2.45, 2.75) is 25.3 Å². The van der Waals surface area contributed by atoms with Crippen LogP contribution in [0.5, 0.6) is 0 Å². The lowest BCUT2D eigenvalue weighted by molar-refractivity contribution is -0.148. The van der Waals surface area contributed by atoms with Crippen LogP contribution in [0, 0.1) is 0 Å². The van der Waals surface area contributed by atoms with Gasteiger partial charge < -0.3 is 10.1 Å². The molecule has 1 aromatic rings. The fraction of sp³-hybridized carbons (Fsp3) is 0.357. The summed E-state index contributed by atoms with van der Waals surface area (Å²) < 4.78 is 4.89. The molecule has 0 saturated heterocycles. The number of ether oxygens (including phenoxy) is 1. The molecular formula is C14H13Cl3N2O4. The quantitative estimate of drug-likeness (QED) is 0.498. The van der Waals surface area contributed by atoms with Gasteiger partial charge in [0.2, 0.25) is 11.9 Å². The molecular weight excluding hydrogens is 367 g/mol. The molecule has 0 saturated carbocycles. The van der Waals surface area contributed by atoms with Crippen LogP contribution in [-0.2, 0) is 19.1 Å². The zero-order valence-corrected chi connectivity index (χ0v) is 14.5. The number of rotatable bonds is 3. The van der Waals surface area contributed by atoms with Crippen LogP contribution < -0.4 is 10.2 Å². The standard InChI is InChI=1S/C14H13Cl3N2O4/c1-3-23-14(22)11-12(20)18-9-4-7(16)8(17)5-10(9)19(11)13(21)6(2)15/h4-6,11H,3H2,1-2H3,(H,18,20). The van der Waals surface area contributed by atoms with Crippen LogP contribution in [0.4, 0.5) is 11.4 Å². The third kappa shape index (κ3) is 3.39. The highest BCUT2D eigenvalue weighted by atomic mass is 35.5. The summed E-state index contributed by atoms with van der Waals surface area (Å²) in [6.07, 6.45) is 0. The number of hydrogen-bond acceptors (Lipinski definition) is 4. The first-order valence-electron chi connectivity index (χ1n) is 6.71. The third-order valence-corrected chi connectivity index (χ3v) is 4.06. The number of nitrogens with one attached hydrogen (secondary N) is 1. The summed E-state index contributed by atoms with van der Waals surface area (Å²) in [5.74, 6) is -2.19. The van der Waals surface area contributed by atoms with Gasteiger partial charge in [-0.1, -0.05) is 23.2 Å². The lowest BCUT2D eigenvalue weighted by atomic mass is 10.1. The van der Waals surface area contributed by atoms with Gasteiger partial charge in [-0.15, -0.1) is 11.6 Å². The summed E-state index contributed by atoms with van der Waals surface area (Å²) in [6.45, 7) is 3.10. The van der Waals surface area contributed by atoms with Crippen LogP contribution in [0.25, 0.3) is 0 Å². The van der Waals surface area contributed by atoms with Gasteiger partial charge in [0, 0.05) is 0 Å². The number of carbonyl (C=O) groups excluding carboxylic acids is 3.